The highest BCUT2D eigenvalue weighted by Crippen LogP contribution is 2.20. The Balaban J connectivity index is 1.69. The summed E-state index contributed by atoms with van der Waals surface area (Å²) in [6.45, 7) is 6.96. The number of aromatic nitrogens is 1. The third-order valence-corrected chi connectivity index (χ3v) is 10.6. The minimum Gasteiger partial charge on any atom is -0.198 e. The molecule has 1 aromatic carbocycles. The van der Waals surface area contributed by atoms with E-state index < -0.39 is 0 Å². The van der Waals surface area contributed by atoms with E-state index in [4.69, 9.17) is 0 Å². The van der Waals surface area contributed by atoms with Gasteiger partial charge in [-0.2, -0.15) is 4.57 Å². The van der Waals surface area contributed by atoms with Gasteiger partial charge < -0.3 is 0 Å². The number of aryl methyl sites for hydroxylation is 2. The minimum atomic E-state index is 0.433. The minimum absolute atomic E-state index is 0.433. The Morgan fingerprint density at radius 2 is 0.723 bits per heavy atom. The maximum Gasteiger partial charge on any atom is 0.183 e. The molecule has 0 aliphatic rings. The average Bonchev–Trinajstić information content (AvgIpc) is 3.09. The molecule has 1 nitrogen and oxygen atoms in total. The van der Waals surface area contributed by atoms with Crippen LogP contribution in [0.3, 0.4) is 0 Å². The number of benzene rings is 1. The van der Waals surface area contributed by atoms with Crippen molar-refractivity contribution in [1.82, 2.24) is 0 Å². The van der Waals surface area contributed by atoms with Gasteiger partial charge in [0.05, 0.1) is 0 Å². The van der Waals surface area contributed by atoms with Crippen LogP contribution in [0.15, 0.2) is 48.8 Å². The molecule has 0 aliphatic carbocycles. The second kappa shape index (κ2) is 30.4. The molecule has 0 bridgehead atoms. The van der Waals surface area contributed by atoms with Crippen LogP contribution < -0.4 is 4.57 Å². The summed E-state index contributed by atoms with van der Waals surface area (Å²) in [5, 5.41) is 0. The summed E-state index contributed by atoms with van der Waals surface area (Å²) in [6, 6.07) is 14.2. The van der Waals surface area contributed by atoms with Gasteiger partial charge in [-0.15, -0.1) is 0 Å². The summed E-state index contributed by atoms with van der Waals surface area (Å²) in [7, 11) is 0. The molecule has 1 unspecified atom stereocenters. The van der Waals surface area contributed by atoms with E-state index in [1.807, 2.05) is 0 Å². The zero-order chi connectivity index (χ0) is 33.5. The van der Waals surface area contributed by atoms with Crippen LogP contribution in [-0.4, -0.2) is 0 Å². The molecule has 0 radical (unpaired) electrons. The third kappa shape index (κ3) is 21.9. The highest BCUT2D eigenvalue weighted by Gasteiger charge is 2.20. The summed E-state index contributed by atoms with van der Waals surface area (Å²) in [6.07, 6.45) is 48.6. The predicted octanol–water partition coefficient (Wildman–Crippen LogP) is 15.0. The molecule has 0 aliphatic heterocycles. The molecular formula is C46H80N+. The van der Waals surface area contributed by atoms with Crippen molar-refractivity contribution in [2.24, 2.45) is 0 Å². The summed E-state index contributed by atoms with van der Waals surface area (Å²) in [5.41, 5.74) is 4.55. The van der Waals surface area contributed by atoms with Gasteiger partial charge in [0, 0.05) is 23.1 Å². The molecule has 1 heteroatoms. The summed E-state index contributed by atoms with van der Waals surface area (Å²) in [5.74, 6) is 0. The highest BCUT2D eigenvalue weighted by atomic mass is 15.0. The standard InChI is InChI=1S/C46H80N/c1-4-7-9-11-13-15-17-19-21-23-25-27-29-32-36-43-40-44(42-47(41-43)46(6-3)45-38-34-31-35-39-45)37-33-30-28-26-24-22-20-18-16-14-12-10-8-5-2/h31,34-35,38-42,46H,4-30,32-33,36-37H2,1-3H3/q+1. The van der Waals surface area contributed by atoms with Crippen molar-refractivity contribution in [3.8, 4) is 0 Å². The van der Waals surface area contributed by atoms with Gasteiger partial charge in [0.15, 0.2) is 18.4 Å². The van der Waals surface area contributed by atoms with Crippen LogP contribution in [0.1, 0.15) is 230 Å². The normalized spacial score (nSPS) is 12.1. The number of pyridine rings is 1. The second-order valence-electron chi connectivity index (χ2n) is 15.0. The van der Waals surface area contributed by atoms with E-state index in [1.165, 1.54) is 198 Å². The van der Waals surface area contributed by atoms with Crippen molar-refractivity contribution < 1.29 is 4.57 Å². The van der Waals surface area contributed by atoms with Crippen molar-refractivity contribution in [2.75, 3.05) is 0 Å². The first-order chi connectivity index (χ1) is 23.3. The van der Waals surface area contributed by atoms with Crippen LogP contribution in [-0.2, 0) is 12.8 Å². The molecule has 0 amide bonds. The molecule has 2 rings (SSSR count). The lowest BCUT2D eigenvalue weighted by Crippen LogP contribution is -2.40. The Hall–Kier alpha value is -1.63. The number of hydrogen-bond acceptors (Lipinski definition) is 0. The topological polar surface area (TPSA) is 3.88 Å². The molecule has 0 saturated heterocycles. The van der Waals surface area contributed by atoms with Crippen molar-refractivity contribution in [2.45, 2.75) is 226 Å². The highest BCUT2D eigenvalue weighted by molar-refractivity contribution is 5.19. The molecule has 1 atom stereocenters. The first-order valence-corrected chi connectivity index (χ1v) is 21.4. The summed E-state index contributed by atoms with van der Waals surface area (Å²) < 4.78 is 2.56. The maximum atomic E-state index is 2.56. The Labute approximate surface area is 295 Å². The molecule has 1 aromatic heterocycles. The Morgan fingerprint density at radius 3 is 1.04 bits per heavy atom. The fourth-order valence-corrected chi connectivity index (χ4v) is 7.53. The Bertz CT molecular complexity index is 883. The molecule has 0 spiro atoms. The van der Waals surface area contributed by atoms with E-state index in [2.05, 4.69) is 74.1 Å². The van der Waals surface area contributed by atoms with Gasteiger partial charge in [0.1, 0.15) is 0 Å². The van der Waals surface area contributed by atoms with Gasteiger partial charge in [-0.05, 0) is 31.7 Å². The van der Waals surface area contributed by atoms with Crippen LogP contribution in [0.25, 0.3) is 0 Å². The van der Waals surface area contributed by atoms with Crippen molar-refractivity contribution >= 4 is 0 Å². The number of hydrogen-bond donors (Lipinski definition) is 0. The van der Waals surface area contributed by atoms with Gasteiger partial charge in [0.25, 0.3) is 0 Å². The fraction of sp³-hybridized carbons (Fsp3) is 0.761. The zero-order valence-corrected chi connectivity index (χ0v) is 32.1. The van der Waals surface area contributed by atoms with E-state index in [1.54, 1.807) is 11.1 Å². The Kier molecular flexibility index (Phi) is 26.9. The van der Waals surface area contributed by atoms with E-state index >= 15 is 0 Å². The quantitative estimate of drug-likeness (QED) is 0.0536. The molecule has 47 heavy (non-hydrogen) atoms. The summed E-state index contributed by atoms with van der Waals surface area (Å²) in [4.78, 5) is 0. The van der Waals surface area contributed by atoms with Gasteiger partial charge in [-0.3, -0.25) is 0 Å². The molecule has 0 N–H and O–H groups in total. The number of nitrogens with zero attached hydrogens (tertiary/aromatic N) is 1. The molecule has 2 aromatic rings. The second-order valence-corrected chi connectivity index (χ2v) is 15.0. The van der Waals surface area contributed by atoms with E-state index in [9.17, 15) is 0 Å². The number of rotatable bonds is 33. The van der Waals surface area contributed by atoms with Gasteiger partial charge >= 0.3 is 0 Å². The fourth-order valence-electron chi connectivity index (χ4n) is 7.53. The summed E-state index contributed by atoms with van der Waals surface area (Å²) >= 11 is 0. The van der Waals surface area contributed by atoms with Gasteiger partial charge in [-0.1, -0.05) is 218 Å². The Morgan fingerprint density at radius 1 is 0.404 bits per heavy atom. The molecular weight excluding hydrogens is 567 g/mol. The monoisotopic (exact) mass is 647 g/mol. The van der Waals surface area contributed by atoms with Crippen LogP contribution >= 0.6 is 0 Å². The SMILES string of the molecule is CCCCCCCCCCCCCCCCc1cc(CCCCCCCCCCCCCCCC)c[n+](C(CC)c2ccccc2)c1. The van der Waals surface area contributed by atoms with Crippen molar-refractivity contribution in [3.63, 3.8) is 0 Å². The molecule has 0 saturated carbocycles. The number of unbranched alkanes of at least 4 members (excludes halogenated alkanes) is 26. The zero-order valence-electron chi connectivity index (χ0n) is 32.1. The first kappa shape index (κ1) is 41.5. The third-order valence-electron chi connectivity index (χ3n) is 10.6. The van der Waals surface area contributed by atoms with Crippen molar-refractivity contribution in [1.29, 1.82) is 0 Å². The lowest BCUT2D eigenvalue weighted by molar-refractivity contribution is -0.714. The van der Waals surface area contributed by atoms with Crippen LogP contribution in [0.4, 0.5) is 0 Å². The average molecular weight is 647 g/mol. The van der Waals surface area contributed by atoms with E-state index in [0.29, 0.717) is 6.04 Å². The first-order valence-electron chi connectivity index (χ1n) is 21.4. The lowest BCUT2D eigenvalue weighted by Gasteiger charge is -2.14. The molecule has 268 valence electrons. The van der Waals surface area contributed by atoms with E-state index in [-0.39, 0.29) is 0 Å². The predicted molar refractivity (Wildman–Crippen MR) is 210 cm³/mol. The van der Waals surface area contributed by atoms with Gasteiger partial charge in [-0.25, -0.2) is 0 Å². The largest absolute Gasteiger partial charge is 0.198 e. The lowest BCUT2D eigenvalue weighted by atomic mass is 9.99. The molecule has 1 heterocycles. The van der Waals surface area contributed by atoms with Crippen LogP contribution in [0.2, 0.25) is 0 Å². The smallest absolute Gasteiger partial charge is 0.183 e. The van der Waals surface area contributed by atoms with Crippen LogP contribution in [0, 0.1) is 0 Å². The van der Waals surface area contributed by atoms with Crippen molar-refractivity contribution in [3.05, 3.63) is 65.5 Å². The van der Waals surface area contributed by atoms with Gasteiger partial charge in [0.2, 0.25) is 0 Å². The van der Waals surface area contributed by atoms with E-state index in [0.717, 1.165) is 6.42 Å². The maximum absolute atomic E-state index is 2.56. The van der Waals surface area contributed by atoms with Crippen LogP contribution in [0.5, 0.6) is 0 Å². The molecule has 0 fully saturated rings.